The third kappa shape index (κ3) is 3.73. The molecule has 6 heteroatoms. The number of likely N-dealkylation sites (tertiary alicyclic amines) is 1. The fraction of sp³-hybridized carbons (Fsp3) is 0.857. The molecule has 1 aliphatic heterocycles. The number of nitrogens with zero attached hydrogens (tertiary/aromatic N) is 1. The number of piperidine rings is 1. The van der Waals surface area contributed by atoms with Gasteiger partial charge >= 0.3 is 0 Å². The molecule has 0 saturated carbocycles. The predicted molar refractivity (Wildman–Crippen MR) is 48.6 cm³/mol. The van der Waals surface area contributed by atoms with E-state index in [1.165, 1.54) is 0 Å². The Kier molecular flexibility index (Phi) is 3.27. The van der Waals surface area contributed by atoms with Gasteiger partial charge in [-0.25, -0.2) is 13.1 Å². The molecular formula is C7H14N2O3S. The summed E-state index contributed by atoms with van der Waals surface area (Å²) in [5, 5.41) is 0. The van der Waals surface area contributed by atoms with E-state index in [1.807, 2.05) is 0 Å². The molecule has 0 spiro atoms. The average Bonchev–Trinajstić information content (AvgIpc) is 2.03. The van der Waals surface area contributed by atoms with Crippen LogP contribution in [0.25, 0.3) is 0 Å². The number of carbonyl (C=O) groups excluding carboxylic acids is 1. The number of nitrogens with one attached hydrogen (secondary N) is 1. The molecule has 0 radical (unpaired) electrons. The van der Waals surface area contributed by atoms with Gasteiger partial charge in [-0.05, 0) is 12.8 Å². The van der Waals surface area contributed by atoms with Crippen LogP contribution in [-0.4, -0.2) is 45.1 Å². The second kappa shape index (κ2) is 4.06. The van der Waals surface area contributed by atoms with Crippen LogP contribution >= 0.6 is 0 Å². The highest BCUT2D eigenvalue weighted by Crippen LogP contribution is 2.08. The fourth-order valence-corrected chi connectivity index (χ4v) is 2.27. The zero-order chi connectivity index (χ0) is 9.90. The zero-order valence-electron chi connectivity index (χ0n) is 7.56. The summed E-state index contributed by atoms with van der Waals surface area (Å²) in [4.78, 5) is 12.0. The van der Waals surface area contributed by atoms with E-state index in [0.29, 0.717) is 25.9 Å². The Bertz CT molecular complexity index is 267. The van der Waals surface area contributed by atoms with Crippen LogP contribution in [-0.2, 0) is 14.8 Å². The van der Waals surface area contributed by atoms with Crippen molar-refractivity contribution < 1.29 is 13.2 Å². The maximum atomic E-state index is 10.9. The molecule has 5 nitrogen and oxygen atoms in total. The molecule has 0 aromatic carbocycles. The maximum Gasteiger partial charge on any atom is 0.209 e. The van der Waals surface area contributed by atoms with Crippen molar-refractivity contribution in [3.63, 3.8) is 0 Å². The second-order valence-electron chi connectivity index (χ2n) is 3.31. The lowest BCUT2D eigenvalue weighted by molar-refractivity contribution is -0.119. The summed E-state index contributed by atoms with van der Waals surface area (Å²) in [5.41, 5.74) is 0. The van der Waals surface area contributed by atoms with E-state index in [2.05, 4.69) is 4.72 Å². The van der Waals surface area contributed by atoms with Crippen molar-refractivity contribution in [2.75, 3.05) is 19.3 Å². The highest BCUT2D eigenvalue weighted by Gasteiger charge is 2.20. The van der Waals surface area contributed by atoms with Gasteiger partial charge in [-0.3, -0.25) is 4.79 Å². The monoisotopic (exact) mass is 206 g/mol. The molecule has 1 aliphatic rings. The number of sulfonamides is 1. The molecule has 1 rings (SSSR count). The van der Waals surface area contributed by atoms with E-state index in [9.17, 15) is 13.2 Å². The fourth-order valence-electron chi connectivity index (χ4n) is 1.43. The van der Waals surface area contributed by atoms with Crippen molar-refractivity contribution >= 4 is 16.4 Å². The van der Waals surface area contributed by atoms with Crippen molar-refractivity contribution in [3.05, 3.63) is 0 Å². The maximum absolute atomic E-state index is 10.9. The minimum Gasteiger partial charge on any atom is -0.345 e. The summed E-state index contributed by atoms with van der Waals surface area (Å²) < 4.78 is 24.2. The lowest BCUT2D eigenvalue weighted by Gasteiger charge is -2.28. The first-order valence-corrected chi connectivity index (χ1v) is 6.07. The van der Waals surface area contributed by atoms with E-state index < -0.39 is 10.0 Å². The van der Waals surface area contributed by atoms with Gasteiger partial charge < -0.3 is 4.90 Å². The Morgan fingerprint density at radius 3 is 2.31 bits per heavy atom. The summed E-state index contributed by atoms with van der Waals surface area (Å²) in [7, 11) is -3.10. The van der Waals surface area contributed by atoms with Crippen LogP contribution in [0.5, 0.6) is 0 Å². The molecule has 1 heterocycles. The molecule has 1 fully saturated rings. The predicted octanol–water partition coefficient (Wildman–Crippen LogP) is -0.844. The third-order valence-corrected chi connectivity index (χ3v) is 2.82. The average molecular weight is 206 g/mol. The van der Waals surface area contributed by atoms with Crippen molar-refractivity contribution in [1.29, 1.82) is 0 Å². The molecule has 13 heavy (non-hydrogen) atoms. The molecule has 1 N–H and O–H groups in total. The van der Waals surface area contributed by atoms with E-state index >= 15 is 0 Å². The van der Waals surface area contributed by atoms with Crippen LogP contribution in [0.1, 0.15) is 12.8 Å². The summed E-state index contributed by atoms with van der Waals surface area (Å²) >= 11 is 0. The highest BCUT2D eigenvalue weighted by atomic mass is 32.2. The molecular weight excluding hydrogens is 192 g/mol. The van der Waals surface area contributed by atoms with E-state index in [0.717, 1.165) is 12.7 Å². The van der Waals surface area contributed by atoms with Crippen molar-refractivity contribution in [3.8, 4) is 0 Å². The van der Waals surface area contributed by atoms with Gasteiger partial charge in [0.15, 0.2) is 0 Å². The molecule has 0 bridgehead atoms. The molecule has 0 aromatic rings. The van der Waals surface area contributed by atoms with Crippen LogP contribution in [0.3, 0.4) is 0 Å². The van der Waals surface area contributed by atoms with Gasteiger partial charge in [-0.2, -0.15) is 0 Å². The van der Waals surface area contributed by atoms with Gasteiger partial charge in [0, 0.05) is 19.1 Å². The van der Waals surface area contributed by atoms with Crippen LogP contribution in [0.15, 0.2) is 0 Å². The van der Waals surface area contributed by atoms with E-state index in [-0.39, 0.29) is 6.04 Å². The van der Waals surface area contributed by atoms with Gasteiger partial charge in [0.25, 0.3) is 0 Å². The van der Waals surface area contributed by atoms with Gasteiger partial charge in [0.05, 0.1) is 6.26 Å². The number of carbonyl (C=O) groups is 1. The van der Waals surface area contributed by atoms with Crippen LogP contribution in [0.4, 0.5) is 0 Å². The largest absolute Gasteiger partial charge is 0.345 e. The molecule has 76 valence electrons. The molecule has 0 aromatic heterocycles. The van der Waals surface area contributed by atoms with Gasteiger partial charge in [0.2, 0.25) is 16.4 Å². The Balaban J connectivity index is 2.37. The smallest absolute Gasteiger partial charge is 0.209 e. The summed E-state index contributed by atoms with van der Waals surface area (Å²) in [5.74, 6) is 0. The molecule has 0 aliphatic carbocycles. The normalized spacial score (nSPS) is 20.2. The van der Waals surface area contributed by atoms with Crippen molar-refractivity contribution in [2.45, 2.75) is 18.9 Å². The topological polar surface area (TPSA) is 66.5 Å². The first-order chi connectivity index (χ1) is 6.01. The Morgan fingerprint density at radius 2 is 1.92 bits per heavy atom. The van der Waals surface area contributed by atoms with E-state index in [4.69, 9.17) is 0 Å². The lowest BCUT2D eigenvalue weighted by atomic mass is 10.1. The number of hydrogen-bond acceptors (Lipinski definition) is 3. The first kappa shape index (κ1) is 10.5. The van der Waals surface area contributed by atoms with Crippen molar-refractivity contribution in [1.82, 2.24) is 9.62 Å². The summed E-state index contributed by atoms with van der Waals surface area (Å²) in [6, 6.07) is -0.00815. The lowest BCUT2D eigenvalue weighted by Crippen LogP contribution is -2.43. The highest BCUT2D eigenvalue weighted by molar-refractivity contribution is 7.88. The quantitative estimate of drug-likeness (QED) is 0.612. The Labute approximate surface area is 78.2 Å². The second-order valence-corrected chi connectivity index (χ2v) is 5.09. The third-order valence-electron chi connectivity index (χ3n) is 2.06. The van der Waals surface area contributed by atoms with Gasteiger partial charge in [-0.1, -0.05) is 0 Å². The molecule has 0 atom stereocenters. The zero-order valence-corrected chi connectivity index (χ0v) is 8.38. The molecule has 1 amide bonds. The Morgan fingerprint density at radius 1 is 1.38 bits per heavy atom. The van der Waals surface area contributed by atoms with Crippen LogP contribution < -0.4 is 4.72 Å². The van der Waals surface area contributed by atoms with E-state index in [1.54, 1.807) is 4.90 Å². The minimum atomic E-state index is -3.10. The standard InChI is InChI=1S/C7H14N2O3S/c1-13(11,12)8-7-2-4-9(6-10)5-3-7/h6-8H,2-5H2,1H3. The SMILES string of the molecule is CS(=O)(=O)NC1CCN(C=O)CC1. The van der Waals surface area contributed by atoms with Gasteiger partial charge in [0.1, 0.15) is 0 Å². The Hall–Kier alpha value is -0.620. The van der Waals surface area contributed by atoms with Crippen LogP contribution in [0.2, 0.25) is 0 Å². The molecule has 1 saturated heterocycles. The minimum absolute atomic E-state index is 0.00815. The van der Waals surface area contributed by atoms with Gasteiger partial charge in [-0.15, -0.1) is 0 Å². The van der Waals surface area contributed by atoms with Crippen molar-refractivity contribution in [2.24, 2.45) is 0 Å². The number of hydrogen-bond donors (Lipinski definition) is 1. The van der Waals surface area contributed by atoms with Crippen LogP contribution in [0, 0.1) is 0 Å². The molecule has 0 unspecified atom stereocenters. The first-order valence-electron chi connectivity index (χ1n) is 4.18. The summed E-state index contributed by atoms with van der Waals surface area (Å²) in [6.07, 6.45) is 3.35. The summed E-state index contributed by atoms with van der Waals surface area (Å²) in [6.45, 7) is 1.27. The number of rotatable bonds is 3. The number of amides is 1.